The van der Waals surface area contributed by atoms with Crippen LogP contribution in [0.1, 0.15) is 32.8 Å². The molecule has 168 valence electrons. The number of aromatic nitrogens is 1. The predicted octanol–water partition coefficient (Wildman–Crippen LogP) is 4.54. The molecule has 1 atom stereocenters. The summed E-state index contributed by atoms with van der Waals surface area (Å²) in [6.07, 6.45) is 4.78. The Morgan fingerprint density at radius 1 is 1.23 bits per heavy atom. The summed E-state index contributed by atoms with van der Waals surface area (Å²) in [5.74, 6) is 0.357. The lowest BCUT2D eigenvalue weighted by atomic mass is 9.96. The highest BCUT2D eigenvalue weighted by Gasteiger charge is 2.27. The number of methoxy groups -OCH3 is 2. The summed E-state index contributed by atoms with van der Waals surface area (Å²) < 4.78 is 18.3. The third kappa shape index (κ3) is 5.13. The Morgan fingerprint density at radius 2 is 1.94 bits per heavy atom. The molecule has 31 heavy (non-hydrogen) atoms. The van der Waals surface area contributed by atoms with E-state index >= 15 is 0 Å². The Labute approximate surface area is 191 Å². The highest BCUT2D eigenvalue weighted by molar-refractivity contribution is 9.10. The van der Waals surface area contributed by atoms with Crippen LogP contribution in [0.4, 0.5) is 4.79 Å². The van der Waals surface area contributed by atoms with Crippen LogP contribution >= 0.6 is 15.9 Å². The van der Waals surface area contributed by atoms with Gasteiger partial charge in [-0.05, 0) is 68.2 Å². The fourth-order valence-corrected chi connectivity index (χ4v) is 4.48. The zero-order chi connectivity index (χ0) is 22.9. The van der Waals surface area contributed by atoms with E-state index in [0.29, 0.717) is 30.7 Å². The smallest absolute Gasteiger partial charge is 0.419 e. The Morgan fingerprint density at radius 3 is 2.52 bits per heavy atom. The van der Waals surface area contributed by atoms with Crippen molar-refractivity contribution in [1.29, 1.82) is 0 Å². The fourth-order valence-electron chi connectivity index (χ4n) is 3.79. The zero-order valence-corrected chi connectivity index (χ0v) is 20.4. The number of hydrogen-bond acceptors (Lipinski definition) is 6. The predicted molar refractivity (Wildman–Crippen MR) is 123 cm³/mol. The molecule has 0 saturated carbocycles. The van der Waals surface area contributed by atoms with Gasteiger partial charge in [0, 0.05) is 40.3 Å². The second-order valence-electron chi connectivity index (χ2n) is 8.74. The quantitative estimate of drug-likeness (QED) is 0.583. The van der Waals surface area contributed by atoms with Crippen LogP contribution in [-0.4, -0.2) is 61.0 Å². The minimum absolute atomic E-state index is 0.181. The van der Waals surface area contributed by atoms with Crippen LogP contribution in [0.2, 0.25) is 0 Å². The second-order valence-corrected chi connectivity index (χ2v) is 9.59. The van der Waals surface area contributed by atoms with Crippen LogP contribution in [0.3, 0.4) is 0 Å². The Bertz CT molecular complexity index is 1030. The monoisotopic (exact) mass is 492 g/mol. The molecule has 0 fully saturated rings. The summed E-state index contributed by atoms with van der Waals surface area (Å²) in [4.78, 5) is 26.9. The molecule has 1 aromatic heterocycles. The Kier molecular flexibility index (Phi) is 6.81. The van der Waals surface area contributed by atoms with E-state index in [0.717, 1.165) is 20.9 Å². The lowest BCUT2D eigenvalue weighted by Crippen LogP contribution is -2.39. The number of rotatable bonds is 4. The standard InChI is InChI=1S/C23H29BrN2O5/c1-23(2,3)31-22(28)26-13-15(20-18(24)10-17(29-5)11-19(20)26)9-16-8-7-14(12-25(16)4)21(27)30-6/h7,10-11,13,16H,8-9,12H2,1-6H3/t16-/m0/s1. The second kappa shape index (κ2) is 9.04. The summed E-state index contributed by atoms with van der Waals surface area (Å²) in [5, 5.41) is 0.947. The van der Waals surface area contributed by atoms with Crippen LogP contribution in [0.15, 0.2) is 34.5 Å². The fraction of sp³-hybridized carbons (Fsp3) is 0.478. The summed E-state index contributed by atoms with van der Waals surface area (Å²) in [7, 11) is 4.98. The maximum Gasteiger partial charge on any atom is 0.419 e. The molecule has 0 unspecified atom stereocenters. The highest BCUT2D eigenvalue weighted by atomic mass is 79.9. The molecule has 8 heteroatoms. The number of likely N-dealkylation sites (N-methyl/N-ethyl adjacent to an activating group) is 1. The van der Waals surface area contributed by atoms with Gasteiger partial charge in [-0.3, -0.25) is 9.47 Å². The minimum Gasteiger partial charge on any atom is -0.497 e. The first-order valence-corrected chi connectivity index (χ1v) is 10.9. The van der Waals surface area contributed by atoms with Crippen LogP contribution in [-0.2, 0) is 20.7 Å². The third-order valence-electron chi connectivity index (χ3n) is 5.32. The van der Waals surface area contributed by atoms with E-state index in [1.54, 1.807) is 11.7 Å². The van der Waals surface area contributed by atoms with Crippen LogP contribution < -0.4 is 4.74 Å². The molecule has 0 saturated heterocycles. The van der Waals surface area contributed by atoms with Crippen LogP contribution in [0, 0.1) is 0 Å². The number of nitrogens with zero attached hydrogens (tertiary/aromatic N) is 2. The van der Waals surface area contributed by atoms with Gasteiger partial charge in [-0.2, -0.15) is 0 Å². The van der Waals surface area contributed by atoms with Gasteiger partial charge in [0.1, 0.15) is 11.4 Å². The summed E-state index contributed by atoms with van der Waals surface area (Å²) in [6, 6.07) is 3.92. The van der Waals surface area contributed by atoms with Crippen LogP contribution in [0.25, 0.3) is 10.9 Å². The maximum absolute atomic E-state index is 12.9. The van der Waals surface area contributed by atoms with Gasteiger partial charge in [-0.15, -0.1) is 0 Å². The van der Waals surface area contributed by atoms with Crippen molar-refractivity contribution in [2.24, 2.45) is 0 Å². The van der Waals surface area contributed by atoms with Crippen molar-refractivity contribution in [2.45, 2.75) is 45.3 Å². The SMILES string of the molecule is COC(=O)C1=CC[C@@H](Cc2cn(C(=O)OC(C)(C)C)c3cc(OC)cc(Br)c23)N(C)C1. The van der Waals surface area contributed by atoms with Crippen molar-refractivity contribution < 1.29 is 23.8 Å². The number of halogens is 1. The number of ether oxygens (including phenoxy) is 3. The topological polar surface area (TPSA) is 70.0 Å². The van der Waals surface area contributed by atoms with Gasteiger partial charge in [-0.25, -0.2) is 9.59 Å². The molecule has 0 bridgehead atoms. The number of carbonyl (C=O) groups excluding carboxylic acids is 2. The Balaban J connectivity index is 2.00. The van der Waals surface area contributed by atoms with Crippen molar-refractivity contribution in [3.63, 3.8) is 0 Å². The van der Waals surface area contributed by atoms with Gasteiger partial charge in [0.25, 0.3) is 0 Å². The van der Waals surface area contributed by atoms with Gasteiger partial charge in [0.2, 0.25) is 0 Å². The lowest BCUT2D eigenvalue weighted by molar-refractivity contribution is -0.136. The molecule has 1 aliphatic heterocycles. The van der Waals surface area contributed by atoms with Crippen LogP contribution in [0.5, 0.6) is 5.75 Å². The third-order valence-corrected chi connectivity index (χ3v) is 5.94. The van der Waals surface area contributed by atoms with Gasteiger partial charge >= 0.3 is 12.1 Å². The van der Waals surface area contributed by atoms with Crippen molar-refractivity contribution in [3.05, 3.63) is 40.0 Å². The number of benzene rings is 1. The van der Waals surface area contributed by atoms with E-state index in [1.807, 2.05) is 52.2 Å². The average molecular weight is 493 g/mol. The Hall–Kier alpha value is -2.32. The molecule has 0 spiro atoms. The summed E-state index contributed by atoms with van der Waals surface area (Å²) in [6.45, 7) is 6.06. The molecule has 0 aliphatic carbocycles. The molecular weight excluding hydrogens is 464 g/mol. The molecule has 3 rings (SSSR count). The molecule has 1 aliphatic rings. The molecule has 2 aromatic rings. The van der Waals surface area contributed by atoms with Crippen molar-refractivity contribution in [3.8, 4) is 5.75 Å². The molecule has 0 amide bonds. The van der Waals surface area contributed by atoms with Crippen molar-refractivity contribution >= 4 is 38.9 Å². The largest absolute Gasteiger partial charge is 0.497 e. The van der Waals surface area contributed by atoms with E-state index in [2.05, 4.69) is 20.8 Å². The number of hydrogen-bond donors (Lipinski definition) is 0. The molecular formula is C23H29BrN2O5. The van der Waals surface area contributed by atoms with Crippen molar-refractivity contribution in [1.82, 2.24) is 9.47 Å². The molecule has 2 heterocycles. The number of esters is 1. The van der Waals surface area contributed by atoms with Gasteiger partial charge in [0.05, 0.1) is 19.7 Å². The van der Waals surface area contributed by atoms with E-state index < -0.39 is 11.7 Å². The van der Waals surface area contributed by atoms with Gasteiger partial charge in [-0.1, -0.05) is 6.08 Å². The first-order chi connectivity index (χ1) is 14.5. The van der Waals surface area contributed by atoms with E-state index in [4.69, 9.17) is 14.2 Å². The van der Waals surface area contributed by atoms with Crippen molar-refractivity contribution in [2.75, 3.05) is 27.8 Å². The minimum atomic E-state index is -0.609. The summed E-state index contributed by atoms with van der Waals surface area (Å²) in [5.41, 5.74) is 1.80. The average Bonchev–Trinajstić information content (AvgIpc) is 3.06. The van der Waals surface area contributed by atoms with E-state index in [-0.39, 0.29) is 12.0 Å². The van der Waals surface area contributed by atoms with E-state index in [9.17, 15) is 9.59 Å². The van der Waals surface area contributed by atoms with Gasteiger partial charge < -0.3 is 14.2 Å². The lowest BCUT2D eigenvalue weighted by Gasteiger charge is -2.31. The van der Waals surface area contributed by atoms with Gasteiger partial charge in [0.15, 0.2) is 0 Å². The van der Waals surface area contributed by atoms with E-state index in [1.165, 1.54) is 7.11 Å². The number of fused-ring (bicyclic) bond motifs is 1. The zero-order valence-electron chi connectivity index (χ0n) is 18.8. The first kappa shape index (κ1) is 23.3. The normalized spacial score (nSPS) is 17.4. The number of carbonyl (C=O) groups is 2. The molecule has 7 nitrogen and oxygen atoms in total. The molecule has 0 N–H and O–H groups in total. The molecule has 0 radical (unpaired) electrons. The maximum atomic E-state index is 12.9. The highest BCUT2D eigenvalue weighted by Crippen LogP contribution is 2.35. The first-order valence-electron chi connectivity index (χ1n) is 10.1. The molecule has 1 aromatic carbocycles. The summed E-state index contributed by atoms with van der Waals surface area (Å²) >= 11 is 3.65.